The Kier molecular flexibility index (Phi) is 4.55. The van der Waals surface area contributed by atoms with Crippen molar-refractivity contribution in [3.63, 3.8) is 0 Å². The Balaban J connectivity index is 2.40. The topological polar surface area (TPSA) is 75.2 Å². The minimum Gasteiger partial charge on any atom is -0.361 e. The van der Waals surface area contributed by atoms with Crippen LogP contribution in [-0.2, 0) is 10.0 Å². The number of hydrogen-bond acceptors (Lipinski definition) is 5. The summed E-state index contributed by atoms with van der Waals surface area (Å²) in [5, 5.41) is 0.115. The van der Waals surface area contributed by atoms with Gasteiger partial charge in [-0.2, -0.15) is 0 Å². The molecule has 0 aliphatic carbocycles. The Morgan fingerprint density at radius 1 is 1.24 bits per heavy atom. The quantitative estimate of drug-likeness (QED) is 0.861. The molecule has 0 spiro atoms. The number of rotatable bonds is 4. The smallest absolute Gasteiger partial charge is 0.263 e. The van der Waals surface area contributed by atoms with Crippen LogP contribution in [0.25, 0.3) is 0 Å². The molecule has 0 saturated carbocycles. The molecule has 0 aromatic carbocycles. The van der Waals surface area contributed by atoms with E-state index in [9.17, 15) is 8.42 Å². The number of halogens is 2. The molecule has 0 unspecified atom stereocenters. The third kappa shape index (κ3) is 3.55. The lowest BCUT2D eigenvalue weighted by atomic mass is 10.4. The maximum Gasteiger partial charge on any atom is 0.263 e. The predicted molar refractivity (Wildman–Crippen MR) is 83.6 cm³/mol. The molecular formula is C12H12Cl2N4O2S. The lowest BCUT2D eigenvalue weighted by Gasteiger charge is -2.17. The number of nitrogens with one attached hydrogen (secondary N) is 1. The highest BCUT2D eigenvalue weighted by Crippen LogP contribution is 2.26. The molecule has 0 radical (unpaired) electrons. The summed E-state index contributed by atoms with van der Waals surface area (Å²) in [5.41, 5.74) is 0.355. The van der Waals surface area contributed by atoms with Gasteiger partial charge < -0.3 is 4.90 Å². The zero-order valence-corrected chi connectivity index (χ0v) is 13.5. The van der Waals surface area contributed by atoms with E-state index in [1.807, 2.05) is 0 Å². The van der Waals surface area contributed by atoms with E-state index in [0.717, 1.165) is 6.20 Å². The molecule has 21 heavy (non-hydrogen) atoms. The standard InChI is InChI=1S/C12H12Cl2N4O2S/c1-18(2)12-10(4-3-5-15-12)17-21(19,20)8-6-9(13)11(14)16-7-8/h3-7,17H,1-2H3. The highest BCUT2D eigenvalue weighted by atomic mass is 35.5. The van der Waals surface area contributed by atoms with Gasteiger partial charge in [0.2, 0.25) is 0 Å². The maximum absolute atomic E-state index is 12.3. The third-order valence-electron chi connectivity index (χ3n) is 2.54. The van der Waals surface area contributed by atoms with Crippen LogP contribution in [0.2, 0.25) is 10.2 Å². The lowest BCUT2D eigenvalue weighted by molar-refractivity contribution is 0.601. The molecular weight excluding hydrogens is 335 g/mol. The summed E-state index contributed by atoms with van der Waals surface area (Å²) in [7, 11) is -0.301. The summed E-state index contributed by atoms with van der Waals surface area (Å²) in [6.45, 7) is 0. The molecule has 0 fully saturated rings. The van der Waals surface area contributed by atoms with Crippen LogP contribution in [0.15, 0.2) is 35.5 Å². The Morgan fingerprint density at radius 3 is 2.57 bits per heavy atom. The van der Waals surface area contributed by atoms with Crippen LogP contribution in [0.3, 0.4) is 0 Å². The van der Waals surface area contributed by atoms with E-state index >= 15 is 0 Å². The van der Waals surface area contributed by atoms with Crippen molar-refractivity contribution < 1.29 is 8.42 Å². The van der Waals surface area contributed by atoms with Crippen LogP contribution in [0.4, 0.5) is 11.5 Å². The summed E-state index contributed by atoms with van der Waals surface area (Å²) in [6, 6.07) is 4.49. The lowest BCUT2D eigenvalue weighted by Crippen LogP contribution is -2.18. The molecule has 0 aliphatic heterocycles. The van der Waals surface area contributed by atoms with E-state index in [1.165, 1.54) is 6.07 Å². The number of aromatic nitrogens is 2. The minimum absolute atomic E-state index is 0.0472. The molecule has 2 aromatic heterocycles. The van der Waals surface area contributed by atoms with Crippen molar-refractivity contribution in [1.82, 2.24) is 9.97 Å². The second-order valence-electron chi connectivity index (χ2n) is 4.32. The van der Waals surface area contributed by atoms with Crippen LogP contribution in [-0.4, -0.2) is 32.5 Å². The van der Waals surface area contributed by atoms with E-state index < -0.39 is 10.0 Å². The number of sulfonamides is 1. The summed E-state index contributed by atoms with van der Waals surface area (Å²) >= 11 is 11.5. The second-order valence-corrected chi connectivity index (χ2v) is 6.77. The van der Waals surface area contributed by atoms with E-state index in [1.54, 1.807) is 37.3 Å². The molecule has 0 amide bonds. The maximum atomic E-state index is 12.3. The van der Waals surface area contributed by atoms with Crippen LogP contribution in [0.5, 0.6) is 0 Å². The van der Waals surface area contributed by atoms with Gasteiger partial charge in [-0.25, -0.2) is 18.4 Å². The molecule has 112 valence electrons. The SMILES string of the molecule is CN(C)c1ncccc1NS(=O)(=O)c1cnc(Cl)c(Cl)c1. The van der Waals surface area contributed by atoms with E-state index in [2.05, 4.69) is 14.7 Å². The summed E-state index contributed by atoms with van der Waals surface area (Å²) in [4.78, 5) is 9.48. The number of nitrogens with zero attached hydrogens (tertiary/aromatic N) is 3. The molecule has 2 heterocycles. The van der Waals surface area contributed by atoms with Crippen molar-refractivity contribution in [1.29, 1.82) is 0 Å². The molecule has 0 aliphatic rings. The molecule has 2 aromatic rings. The summed E-state index contributed by atoms with van der Waals surface area (Å²) in [6.07, 6.45) is 2.72. The summed E-state index contributed by atoms with van der Waals surface area (Å²) < 4.78 is 27.1. The van der Waals surface area contributed by atoms with Gasteiger partial charge in [0.05, 0.1) is 10.7 Å². The Labute approximate surface area is 132 Å². The first kappa shape index (κ1) is 15.8. The van der Waals surface area contributed by atoms with E-state index in [4.69, 9.17) is 23.2 Å². The van der Waals surface area contributed by atoms with Gasteiger partial charge in [-0.15, -0.1) is 0 Å². The van der Waals surface area contributed by atoms with Crippen LogP contribution >= 0.6 is 23.2 Å². The molecule has 6 nitrogen and oxygen atoms in total. The summed E-state index contributed by atoms with van der Waals surface area (Å²) in [5.74, 6) is 0.495. The average Bonchev–Trinajstić information content (AvgIpc) is 2.41. The number of pyridine rings is 2. The van der Waals surface area contributed by atoms with Gasteiger partial charge in [0.15, 0.2) is 5.82 Å². The minimum atomic E-state index is -3.83. The molecule has 0 atom stereocenters. The molecule has 0 saturated heterocycles. The fourth-order valence-electron chi connectivity index (χ4n) is 1.59. The average molecular weight is 347 g/mol. The van der Waals surface area contributed by atoms with Crippen LogP contribution in [0, 0.1) is 0 Å². The van der Waals surface area contributed by atoms with Gasteiger partial charge in [-0.1, -0.05) is 23.2 Å². The fourth-order valence-corrected chi connectivity index (χ4v) is 2.95. The monoisotopic (exact) mass is 346 g/mol. The highest BCUT2D eigenvalue weighted by molar-refractivity contribution is 7.92. The first-order valence-electron chi connectivity index (χ1n) is 5.77. The van der Waals surface area contributed by atoms with Crippen LogP contribution < -0.4 is 9.62 Å². The molecule has 9 heteroatoms. The van der Waals surface area contributed by atoms with Gasteiger partial charge in [0.25, 0.3) is 10.0 Å². The first-order valence-corrected chi connectivity index (χ1v) is 8.01. The molecule has 1 N–H and O–H groups in total. The Morgan fingerprint density at radius 2 is 1.95 bits per heavy atom. The zero-order chi connectivity index (χ0) is 15.6. The Hall–Kier alpha value is -1.57. The van der Waals surface area contributed by atoms with Crippen molar-refractivity contribution in [2.75, 3.05) is 23.7 Å². The van der Waals surface area contributed by atoms with Crippen molar-refractivity contribution in [3.05, 3.63) is 40.8 Å². The number of hydrogen-bond donors (Lipinski definition) is 1. The largest absolute Gasteiger partial charge is 0.361 e. The normalized spacial score (nSPS) is 11.2. The van der Waals surface area contributed by atoms with Crippen molar-refractivity contribution in [2.45, 2.75) is 4.90 Å². The van der Waals surface area contributed by atoms with Gasteiger partial charge in [-0.05, 0) is 18.2 Å². The van der Waals surface area contributed by atoms with E-state index in [-0.39, 0.29) is 15.1 Å². The van der Waals surface area contributed by atoms with Gasteiger partial charge in [-0.3, -0.25) is 4.72 Å². The molecule has 2 rings (SSSR count). The predicted octanol–water partition coefficient (Wildman–Crippen LogP) is 2.65. The first-order chi connectivity index (χ1) is 9.81. The zero-order valence-electron chi connectivity index (χ0n) is 11.2. The second kappa shape index (κ2) is 6.05. The Bertz CT molecular complexity index is 766. The van der Waals surface area contributed by atoms with Gasteiger partial charge >= 0.3 is 0 Å². The fraction of sp³-hybridized carbons (Fsp3) is 0.167. The van der Waals surface area contributed by atoms with Gasteiger partial charge in [0.1, 0.15) is 10.0 Å². The van der Waals surface area contributed by atoms with Crippen LogP contribution in [0.1, 0.15) is 0 Å². The van der Waals surface area contributed by atoms with E-state index in [0.29, 0.717) is 11.5 Å². The van der Waals surface area contributed by atoms with Crippen molar-refractivity contribution in [2.24, 2.45) is 0 Å². The number of anilines is 2. The molecule has 0 bridgehead atoms. The van der Waals surface area contributed by atoms with Crippen molar-refractivity contribution in [3.8, 4) is 0 Å². The highest BCUT2D eigenvalue weighted by Gasteiger charge is 2.19. The third-order valence-corrected chi connectivity index (χ3v) is 4.55. The van der Waals surface area contributed by atoms with Crippen molar-refractivity contribution >= 4 is 44.7 Å². The van der Waals surface area contributed by atoms with Gasteiger partial charge in [0, 0.05) is 26.5 Å².